The number of rotatable bonds is 4. The maximum Gasteiger partial charge on any atom is 0.224 e. The quantitative estimate of drug-likeness (QED) is 0.930. The number of benzene rings is 1. The van der Waals surface area contributed by atoms with Crippen molar-refractivity contribution < 1.29 is 9.13 Å². The van der Waals surface area contributed by atoms with Gasteiger partial charge in [0.25, 0.3) is 0 Å². The summed E-state index contributed by atoms with van der Waals surface area (Å²) in [6.45, 7) is 2.01. The summed E-state index contributed by atoms with van der Waals surface area (Å²) in [5.74, 6) is 0.775. The SMILES string of the molecule is CCCc1nc(N)cc(Oc2cc(Br)ccc2F)n1. The number of hydrogen-bond acceptors (Lipinski definition) is 4. The van der Waals surface area contributed by atoms with Crippen molar-refractivity contribution in [3.05, 3.63) is 40.4 Å². The number of halogens is 2. The second-order valence-corrected chi connectivity index (χ2v) is 4.89. The average Bonchev–Trinajstić information content (AvgIpc) is 2.33. The largest absolute Gasteiger partial charge is 0.436 e. The van der Waals surface area contributed by atoms with Crippen LogP contribution in [0, 0.1) is 5.82 Å². The summed E-state index contributed by atoms with van der Waals surface area (Å²) in [7, 11) is 0. The van der Waals surface area contributed by atoms with E-state index in [1.807, 2.05) is 6.92 Å². The van der Waals surface area contributed by atoms with Crippen molar-refractivity contribution in [1.82, 2.24) is 9.97 Å². The van der Waals surface area contributed by atoms with Gasteiger partial charge in [-0.15, -0.1) is 0 Å². The molecule has 2 N–H and O–H groups in total. The molecule has 2 rings (SSSR count). The first-order valence-corrected chi connectivity index (χ1v) is 6.64. The van der Waals surface area contributed by atoms with E-state index in [0.29, 0.717) is 18.1 Å². The lowest BCUT2D eigenvalue weighted by atomic mass is 10.3. The fourth-order valence-corrected chi connectivity index (χ4v) is 1.89. The van der Waals surface area contributed by atoms with Crippen LogP contribution in [0.15, 0.2) is 28.7 Å². The van der Waals surface area contributed by atoms with Crippen LogP contribution < -0.4 is 10.5 Å². The molecule has 0 unspecified atom stereocenters. The minimum atomic E-state index is -0.461. The zero-order valence-corrected chi connectivity index (χ0v) is 11.9. The Bertz CT molecular complexity index is 592. The molecule has 0 aliphatic carbocycles. The highest BCUT2D eigenvalue weighted by Gasteiger charge is 2.09. The van der Waals surface area contributed by atoms with Gasteiger partial charge in [-0.05, 0) is 24.6 Å². The van der Waals surface area contributed by atoms with Crippen LogP contribution in [-0.4, -0.2) is 9.97 Å². The Labute approximate surface area is 119 Å². The second-order valence-electron chi connectivity index (χ2n) is 3.97. The van der Waals surface area contributed by atoms with Gasteiger partial charge in [0.1, 0.15) is 11.6 Å². The maximum absolute atomic E-state index is 13.6. The minimum absolute atomic E-state index is 0.0925. The molecule has 1 aromatic carbocycles. The zero-order valence-electron chi connectivity index (χ0n) is 10.4. The van der Waals surface area contributed by atoms with Gasteiger partial charge in [0.2, 0.25) is 5.88 Å². The van der Waals surface area contributed by atoms with E-state index in [1.54, 1.807) is 6.07 Å². The monoisotopic (exact) mass is 325 g/mol. The van der Waals surface area contributed by atoms with Gasteiger partial charge in [0.05, 0.1) is 0 Å². The fourth-order valence-electron chi connectivity index (χ4n) is 1.55. The molecule has 0 radical (unpaired) electrons. The highest BCUT2D eigenvalue weighted by Crippen LogP contribution is 2.27. The molecule has 100 valence electrons. The molecule has 1 aromatic heterocycles. The molecule has 2 aromatic rings. The highest BCUT2D eigenvalue weighted by molar-refractivity contribution is 9.10. The van der Waals surface area contributed by atoms with E-state index in [2.05, 4.69) is 25.9 Å². The Balaban J connectivity index is 2.29. The lowest BCUT2D eigenvalue weighted by Gasteiger charge is -2.08. The van der Waals surface area contributed by atoms with Crippen LogP contribution in [0.5, 0.6) is 11.6 Å². The molecule has 0 amide bonds. The smallest absolute Gasteiger partial charge is 0.224 e. The molecule has 0 spiro atoms. The van der Waals surface area contributed by atoms with Crippen LogP contribution in [0.3, 0.4) is 0 Å². The molecule has 0 atom stereocenters. The van der Waals surface area contributed by atoms with Crippen molar-refractivity contribution in [1.29, 1.82) is 0 Å². The summed E-state index contributed by atoms with van der Waals surface area (Å²) in [5.41, 5.74) is 5.68. The Kier molecular flexibility index (Phi) is 4.31. The molecule has 0 bridgehead atoms. The van der Waals surface area contributed by atoms with Gasteiger partial charge < -0.3 is 10.5 Å². The van der Waals surface area contributed by atoms with Gasteiger partial charge in [-0.1, -0.05) is 22.9 Å². The summed E-state index contributed by atoms with van der Waals surface area (Å²) in [6.07, 6.45) is 1.59. The number of anilines is 1. The number of aromatic nitrogens is 2. The third kappa shape index (κ3) is 3.64. The second kappa shape index (κ2) is 5.97. The molecular formula is C13H13BrFN3O. The highest BCUT2D eigenvalue weighted by atomic mass is 79.9. The first-order chi connectivity index (χ1) is 9.08. The number of nitrogens with zero attached hydrogens (tertiary/aromatic N) is 2. The standard InChI is InChI=1S/C13H13BrFN3O/c1-2-3-12-17-11(16)7-13(18-12)19-10-6-8(14)4-5-9(10)15/h4-7H,2-3H2,1H3,(H2,16,17,18). The molecule has 6 heteroatoms. The van der Waals surface area contributed by atoms with Crippen molar-refractivity contribution in [2.45, 2.75) is 19.8 Å². The molecule has 0 aliphatic rings. The summed E-state index contributed by atoms with van der Waals surface area (Å²) < 4.78 is 19.7. The molecular weight excluding hydrogens is 313 g/mol. The predicted octanol–water partition coefficient (Wildman–Crippen LogP) is 3.71. The third-order valence-electron chi connectivity index (χ3n) is 2.35. The van der Waals surface area contributed by atoms with Crippen LogP contribution in [0.1, 0.15) is 19.2 Å². The normalized spacial score (nSPS) is 10.5. The summed E-state index contributed by atoms with van der Waals surface area (Å²) in [4.78, 5) is 8.28. The molecule has 4 nitrogen and oxygen atoms in total. The van der Waals surface area contributed by atoms with Crippen molar-refractivity contribution in [2.75, 3.05) is 5.73 Å². The Morgan fingerprint density at radius 1 is 1.32 bits per heavy atom. The first kappa shape index (κ1) is 13.7. The van der Waals surface area contributed by atoms with Gasteiger partial charge in [0, 0.05) is 17.0 Å². The summed E-state index contributed by atoms with van der Waals surface area (Å²) in [5, 5.41) is 0. The summed E-state index contributed by atoms with van der Waals surface area (Å²) >= 11 is 3.26. The fraction of sp³-hybridized carbons (Fsp3) is 0.231. The van der Waals surface area contributed by atoms with Crippen molar-refractivity contribution >= 4 is 21.7 Å². The molecule has 19 heavy (non-hydrogen) atoms. The molecule has 0 saturated heterocycles. The van der Waals surface area contributed by atoms with Gasteiger partial charge in [-0.25, -0.2) is 9.37 Å². The predicted molar refractivity (Wildman–Crippen MR) is 74.6 cm³/mol. The van der Waals surface area contributed by atoms with Gasteiger partial charge >= 0.3 is 0 Å². The third-order valence-corrected chi connectivity index (χ3v) is 2.84. The van der Waals surface area contributed by atoms with Crippen molar-refractivity contribution in [2.24, 2.45) is 0 Å². The number of nitrogen functional groups attached to an aromatic ring is 1. The Hall–Kier alpha value is -1.69. The van der Waals surface area contributed by atoms with E-state index in [0.717, 1.165) is 10.9 Å². The summed E-state index contributed by atoms with van der Waals surface area (Å²) in [6, 6.07) is 5.92. The number of aryl methyl sites for hydroxylation is 1. The number of hydrogen-bond donors (Lipinski definition) is 1. The lowest BCUT2D eigenvalue weighted by molar-refractivity contribution is 0.424. The number of ether oxygens (including phenoxy) is 1. The lowest BCUT2D eigenvalue weighted by Crippen LogP contribution is -2.01. The van der Waals surface area contributed by atoms with Crippen LogP contribution in [0.4, 0.5) is 10.2 Å². The Morgan fingerprint density at radius 2 is 2.11 bits per heavy atom. The van der Waals surface area contributed by atoms with E-state index < -0.39 is 5.82 Å². The van der Waals surface area contributed by atoms with Gasteiger partial charge in [-0.2, -0.15) is 4.98 Å². The molecule has 0 fully saturated rings. The average molecular weight is 326 g/mol. The van der Waals surface area contributed by atoms with Crippen molar-refractivity contribution in [3.8, 4) is 11.6 Å². The van der Waals surface area contributed by atoms with Crippen LogP contribution in [0.2, 0.25) is 0 Å². The molecule has 0 aliphatic heterocycles. The van der Waals surface area contributed by atoms with E-state index in [-0.39, 0.29) is 11.6 Å². The molecule has 0 saturated carbocycles. The zero-order chi connectivity index (χ0) is 13.8. The van der Waals surface area contributed by atoms with Crippen LogP contribution in [0.25, 0.3) is 0 Å². The van der Waals surface area contributed by atoms with E-state index in [1.165, 1.54) is 18.2 Å². The maximum atomic E-state index is 13.6. The van der Waals surface area contributed by atoms with Crippen LogP contribution >= 0.6 is 15.9 Å². The minimum Gasteiger partial charge on any atom is -0.436 e. The van der Waals surface area contributed by atoms with Crippen molar-refractivity contribution in [3.63, 3.8) is 0 Å². The molecule has 1 heterocycles. The first-order valence-electron chi connectivity index (χ1n) is 5.85. The number of nitrogens with two attached hydrogens (primary N) is 1. The van der Waals surface area contributed by atoms with E-state index in [9.17, 15) is 4.39 Å². The van der Waals surface area contributed by atoms with Gasteiger partial charge in [-0.3, -0.25) is 0 Å². The van der Waals surface area contributed by atoms with Gasteiger partial charge in [0.15, 0.2) is 11.6 Å². The van der Waals surface area contributed by atoms with E-state index >= 15 is 0 Å². The Morgan fingerprint density at radius 3 is 2.84 bits per heavy atom. The van der Waals surface area contributed by atoms with Crippen LogP contribution in [-0.2, 0) is 6.42 Å². The van der Waals surface area contributed by atoms with E-state index in [4.69, 9.17) is 10.5 Å². The topological polar surface area (TPSA) is 61.0 Å².